The Labute approximate surface area is 104 Å². The maximum atomic E-state index is 5.32. The van der Waals surface area contributed by atoms with Crippen LogP contribution in [-0.2, 0) is 0 Å². The van der Waals surface area contributed by atoms with Gasteiger partial charge in [0.2, 0.25) is 0 Å². The highest BCUT2D eigenvalue weighted by Crippen LogP contribution is 2.34. The minimum Gasteiger partial charge on any atom is -0.494 e. The SMILES string of the molecule is COc1cccc2sc(-c3ccccc3)nc12. The fraction of sp³-hybridized carbons (Fsp3) is 0.0714. The number of benzene rings is 2. The monoisotopic (exact) mass is 241 g/mol. The fourth-order valence-electron chi connectivity index (χ4n) is 1.79. The summed E-state index contributed by atoms with van der Waals surface area (Å²) in [6.45, 7) is 0. The molecule has 0 spiro atoms. The molecular weight excluding hydrogens is 230 g/mol. The highest BCUT2D eigenvalue weighted by atomic mass is 32.1. The van der Waals surface area contributed by atoms with Crippen LogP contribution < -0.4 is 4.74 Å². The Bertz CT molecular complexity index is 646. The molecule has 1 aromatic heterocycles. The average molecular weight is 241 g/mol. The summed E-state index contributed by atoms with van der Waals surface area (Å²) < 4.78 is 6.48. The molecule has 3 rings (SSSR count). The molecule has 0 saturated heterocycles. The lowest BCUT2D eigenvalue weighted by Gasteiger charge is -1.98. The van der Waals surface area contributed by atoms with Gasteiger partial charge in [0.25, 0.3) is 0 Å². The molecule has 0 aliphatic rings. The van der Waals surface area contributed by atoms with E-state index < -0.39 is 0 Å². The molecule has 3 heteroatoms. The van der Waals surface area contributed by atoms with Crippen molar-refractivity contribution in [1.29, 1.82) is 0 Å². The van der Waals surface area contributed by atoms with Crippen LogP contribution in [0.25, 0.3) is 20.8 Å². The summed E-state index contributed by atoms with van der Waals surface area (Å²) in [5.74, 6) is 0.834. The minimum absolute atomic E-state index is 0.834. The Morgan fingerprint density at radius 1 is 1.00 bits per heavy atom. The molecule has 0 aliphatic carbocycles. The van der Waals surface area contributed by atoms with Crippen molar-refractivity contribution < 1.29 is 4.74 Å². The normalized spacial score (nSPS) is 10.6. The molecule has 3 aromatic rings. The van der Waals surface area contributed by atoms with Gasteiger partial charge in [-0.2, -0.15) is 0 Å². The number of hydrogen-bond acceptors (Lipinski definition) is 3. The second-order valence-corrected chi connectivity index (χ2v) is 4.72. The molecule has 0 atom stereocenters. The summed E-state index contributed by atoms with van der Waals surface area (Å²) in [5, 5.41) is 1.03. The van der Waals surface area contributed by atoms with E-state index in [1.54, 1.807) is 18.4 Å². The summed E-state index contributed by atoms with van der Waals surface area (Å²) in [5.41, 5.74) is 2.09. The van der Waals surface area contributed by atoms with E-state index in [0.29, 0.717) is 0 Å². The van der Waals surface area contributed by atoms with Crippen LogP contribution in [-0.4, -0.2) is 12.1 Å². The van der Waals surface area contributed by atoms with Crippen LogP contribution in [0.5, 0.6) is 5.75 Å². The van der Waals surface area contributed by atoms with Crippen molar-refractivity contribution in [3.05, 3.63) is 48.5 Å². The third kappa shape index (κ3) is 1.78. The molecule has 0 unspecified atom stereocenters. The average Bonchev–Trinajstić information content (AvgIpc) is 2.83. The molecule has 0 saturated carbocycles. The van der Waals surface area contributed by atoms with E-state index in [0.717, 1.165) is 26.5 Å². The molecule has 0 N–H and O–H groups in total. The first-order valence-corrected chi connectivity index (χ1v) is 6.19. The fourth-order valence-corrected chi connectivity index (χ4v) is 2.78. The third-order valence-electron chi connectivity index (χ3n) is 2.62. The maximum absolute atomic E-state index is 5.32. The van der Waals surface area contributed by atoms with Crippen LogP contribution in [0.15, 0.2) is 48.5 Å². The summed E-state index contributed by atoms with van der Waals surface area (Å²) in [6.07, 6.45) is 0. The standard InChI is InChI=1S/C14H11NOS/c1-16-11-8-5-9-12-13(11)15-14(17-12)10-6-3-2-4-7-10/h2-9H,1H3. The summed E-state index contributed by atoms with van der Waals surface area (Å²) >= 11 is 1.69. The number of ether oxygens (including phenoxy) is 1. The molecule has 0 amide bonds. The number of fused-ring (bicyclic) bond motifs is 1. The summed E-state index contributed by atoms with van der Waals surface area (Å²) in [6, 6.07) is 16.2. The number of para-hydroxylation sites is 1. The molecular formula is C14H11NOS. The van der Waals surface area contributed by atoms with Gasteiger partial charge in [-0.3, -0.25) is 0 Å². The first kappa shape index (κ1) is 10.3. The van der Waals surface area contributed by atoms with Gasteiger partial charge in [0, 0.05) is 5.56 Å². The zero-order valence-corrected chi connectivity index (χ0v) is 10.2. The molecule has 1 heterocycles. The molecule has 0 aliphatic heterocycles. The highest BCUT2D eigenvalue weighted by Gasteiger charge is 2.09. The molecule has 0 bridgehead atoms. The maximum Gasteiger partial charge on any atom is 0.145 e. The minimum atomic E-state index is 0.834. The topological polar surface area (TPSA) is 22.1 Å². The van der Waals surface area contributed by atoms with E-state index in [-0.39, 0.29) is 0 Å². The van der Waals surface area contributed by atoms with E-state index in [1.807, 2.05) is 30.3 Å². The van der Waals surface area contributed by atoms with E-state index >= 15 is 0 Å². The predicted octanol–water partition coefficient (Wildman–Crippen LogP) is 3.97. The molecule has 84 valence electrons. The van der Waals surface area contributed by atoms with Gasteiger partial charge in [-0.15, -0.1) is 11.3 Å². The van der Waals surface area contributed by atoms with E-state index in [9.17, 15) is 0 Å². The zero-order chi connectivity index (χ0) is 11.7. The second kappa shape index (κ2) is 4.18. The van der Waals surface area contributed by atoms with Crippen molar-refractivity contribution in [2.75, 3.05) is 7.11 Å². The van der Waals surface area contributed by atoms with Gasteiger partial charge in [0.15, 0.2) is 0 Å². The predicted molar refractivity (Wildman–Crippen MR) is 71.6 cm³/mol. The van der Waals surface area contributed by atoms with Gasteiger partial charge in [-0.1, -0.05) is 36.4 Å². The number of aromatic nitrogens is 1. The summed E-state index contributed by atoms with van der Waals surface area (Å²) in [4.78, 5) is 4.65. The molecule has 2 aromatic carbocycles. The van der Waals surface area contributed by atoms with Crippen molar-refractivity contribution in [2.24, 2.45) is 0 Å². The van der Waals surface area contributed by atoms with Crippen LogP contribution in [0.4, 0.5) is 0 Å². The van der Waals surface area contributed by atoms with E-state index in [4.69, 9.17) is 4.74 Å². The lowest BCUT2D eigenvalue weighted by Crippen LogP contribution is -1.83. The van der Waals surface area contributed by atoms with Gasteiger partial charge < -0.3 is 4.74 Å². The molecule has 2 nitrogen and oxygen atoms in total. The largest absolute Gasteiger partial charge is 0.494 e. The number of methoxy groups -OCH3 is 1. The molecule has 17 heavy (non-hydrogen) atoms. The zero-order valence-electron chi connectivity index (χ0n) is 9.38. The van der Waals surface area contributed by atoms with Gasteiger partial charge in [-0.25, -0.2) is 4.98 Å². The molecule has 0 fully saturated rings. The highest BCUT2D eigenvalue weighted by molar-refractivity contribution is 7.21. The van der Waals surface area contributed by atoms with Crippen LogP contribution in [0.1, 0.15) is 0 Å². The Kier molecular flexibility index (Phi) is 2.53. The van der Waals surface area contributed by atoms with Crippen molar-refractivity contribution in [3.8, 4) is 16.3 Å². The Morgan fingerprint density at radius 2 is 1.82 bits per heavy atom. The van der Waals surface area contributed by atoms with Gasteiger partial charge >= 0.3 is 0 Å². The van der Waals surface area contributed by atoms with Crippen LogP contribution >= 0.6 is 11.3 Å². The van der Waals surface area contributed by atoms with Crippen molar-refractivity contribution in [2.45, 2.75) is 0 Å². The number of thiazole rings is 1. The van der Waals surface area contributed by atoms with Crippen LogP contribution in [0.2, 0.25) is 0 Å². The number of hydrogen-bond donors (Lipinski definition) is 0. The number of rotatable bonds is 2. The van der Waals surface area contributed by atoms with Gasteiger partial charge in [0.05, 0.1) is 11.8 Å². The lowest BCUT2D eigenvalue weighted by atomic mass is 10.2. The van der Waals surface area contributed by atoms with Gasteiger partial charge in [-0.05, 0) is 12.1 Å². The quantitative estimate of drug-likeness (QED) is 0.677. The third-order valence-corrected chi connectivity index (χ3v) is 3.69. The Morgan fingerprint density at radius 3 is 2.59 bits per heavy atom. The first-order chi connectivity index (χ1) is 8.38. The lowest BCUT2D eigenvalue weighted by molar-refractivity contribution is 0.419. The number of nitrogens with zero attached hydrogens (tertiary/aromatic N) is 1. The van der Waals surface area contributed by atoms with Gasteiger partial charge in [0.1, 0.15) is 16.3 Å². The summed E-state index contributed by atoms with van der Waals surface area (Å²) in [7, 11) is 1.68. The van der Waals surface area contributed by atoms with Crippen LogP contribution in [0.3, 0.4) is 0 Å². The first-order valence-electron chi connectivity index (χ1n) is 5.37. The van der Waals surface area contributed by atoms with Crippen LogP contribution in [0, 0.1) is 0 Å². The van der Waals surface area contributed by atoms with E-state index in [1.165, 1.54) is 0 Å². The van der Waals surface area contributed by atoms with Crippen molar-refractivity contribution in [3.63, 3.8) is 0 Å². The smallest absolute Gasteiger partial charge is 0.145 e. The Hall–Kier alpha value is -1.87. The van der Waals surface area contributed by atoms with Crippen molar-refractivity contribution in [1.82, 2.24) is 4.98 Å². The van der Waals surface area contributed by atoms with E-state index in [2.05, 4.69) is 23.2 Å². The van der Waals surface area contributed by atoms with Crippen molar-refractivity contribution >= 4 is 21.6 Å². The Balaban J connectivity index is 2.20. The molecule has 0 radical (unpaired) electrons. The second-order valence-electron chi connectivity index (χ2n) is 3.69.